The molecule has 0 heterocycles. The Kier molecular flexibility index (Phi) is 5.58. The van der Waals surface area contributed by atoms with Gasteiger partial charge in [-0.05, 0) is 49.9 Å². The van der Waals surface area contributed by atoms with E-state index in [-0.39, 0.29) is 23.8 Å². The van der Waals surface area contributed by atoms with Crippen molar-refractivity contribution in [3.63, 3.8) is 0 Å². The Balaban J connectivity index is 2.04. The van der Waals surface area contributed by atoms with Gasteiger partial charge in [0.25, 0.3) is 0 Å². The SMILES string of the molecule is Cc1ccc(CC(N)CC(c2ccc(O)cc2)C(C)N)cc1. The minimum absolute atomic E-state index is 0.0219. The standard InChI is InChI=1S/C19H26N2O/c1-13-3-5-15(6-4-13)11-17(21)12-19(14(2)20)16-7-9-18(22)10-8-16/h3-10,14,17,19,22H,11-12,20-21H2,1-2H3. The lowest BCUT2D eigenvalue weighted by Crippen LogP contribution is -2.32. The van der Waals surface area contributed by atoms with Crippen LogP contribution in [0.25, 0.3) is 0 Å². The molecular weight excluding hydrogens is 272 g/mol. The van der Waals surface area contributed by atoms with Gasteiger partial charge in [-0.2, -0.15) is 0 Å². The molecule has 0 amide bonds. The number of phenolic OH excluding ortho intramolecular Hbond substituents is 1. The second kappa shape index (κ2) is 7.43. The molecule has 2 aromatic carbocycles. The predicted octanol–water partition coefficient (Wildman–Crippen LogP) is 3.09. The fourth-order valence-electron chi connectivity index (χ4n) is 2.81. The number of hydrogen-bond acceptors (Lipinski definition) is 3. The van der Waals surface area contributed by atoms with Crippen LogP contribution in [0.3, 0.4) is 0 Å². The van der Waals surface area contributed by atoms with Gasteiger partial charge in [0.1, 0.15) is 5.75 Å². The number of aryl methyl sites for hydroxylation is 1. The van der Waals surface area contributed by atoms with E-state index in [2.05, 4.69) is 31.2 Å². The van der Waals surface area contributed by atoms with E-state index in [0.717, 1.165) is 18.4 Å². The summed E-state index contributed by atoms with van der Waals surface area (Å²) in [5.74, 6) is 0.470. The zero-order chi connectivity index (χ0) is 16.1. The number of benzene rings is 2. The lowest BCUT2D eigenvalue weighted by molar-refractivity contribution is 0.463. The van der Waals surface area contributed by atoms with Crippen LogP contribution in [0.15, 0.2) is 48.5 Å². The first-order chi connectivity index (χ1) is 10.5. The molecule has 0 fully saturated rings. The second-order valence-corrected chi connectivity index (χ2v) is 6.24. The van der Waals surface area contributed by atoms with Gasteiger partial charge < -0.3 is 16.6 Å². The molecular formula is C19H26N2O. The third kappa shape index (κ3) is 4.58. The molecule has 3 unspecified atom stereocenters. The molecule has 5 N–H and O–H groups in total. The number of nitrogens with two attached hydrogens (primary N) is 2. The van der Waals surface area contributed by atoms with E-state index in [0.29, 0.717) is 0 Å². The highest BCUT2D eigenvalue weighted by Gasteiger charge is 2.20. The topological polar surface area (TPSA) is 72.3 Å². The Morgan fingerprint density at radius 1 is 0.955 bits per heavy atom. The van der Waals surface area contributed by atoms with Crippen LogP contribution in [-0.4, -0.2) is 17.2 Å². The molecule has 0 saturated heterocycles. The summed E-state index contributed by atoms with van der Waals surface area (Å²) < 4.78 is 0. The van der Waals surface area contributed by atoms with E-state index < -0.39 is 0 Å². The third-order valence-electron chi connectivity index (χ3n) is 4.13. The molecule has 0 spiro atoms. The molecule has 0 radical (unpaired) electrons. The molecule has 2 aromatic rings. The first-order valence-electron chi connectivity index (χ1n) is 7.81. The molecule has 3 atom stereocenters. The van der Waals surface area contributed by atoms with E-state index in [1.54, 1.807) is 12.1 Å². The first kappa shape index (κ1) is 16.5. The molecule has 22 heavy (non-hydrogen) atoms. The number of hydrogen-bond donors (Lipinski definition) is 3. The highest BCUT2D eigenvalue weighted by Crippen LogP contribution is 2.26. The third-order valence-corrected chi connectivity index (χ3v) is 4.13. The zero-order valence-corrected chi connectivity index (χ0v) is 13.4. The van der Waals surface area contributed by atoms with Crippen molar-refractivity contribution in [1.82, 2.24) is 0 Å². The van der Waals surface area contributed by atoms with Crippen LogP contribution < -0.4 is 11.5 Å². The molecule has 0 aliphatic heterocycles. The molecule has 0 aliphatic rings. The lowest BCUT2D eigenvalue weighted by Gasteiger charge is -2.25. The van der Waals surface area contributed by atoms with Crippen molar-refractivity contribution in [2.24, 2.45) is 11.5 Å². The van der Waals surface area contributed by atoms with Crippen LogP contribution >= 0.6 is 0 Å². The van der Waals surface area contributed by atoms with E-state index in [1.165, 1.54) is 11.1 Å². The fourth-order valence-corrected chi connectivity index (χ4v) is 2.81. The number of rotatable bonds is 6. The minimum Gasteiger partial charge on any atom is -0.508 e. The molecule has 3 heteroatoms. The summed E-state index contributed by atoms with van der Waals surface area (Å²) in [7, 11) is 0. The Morgan fingerprint density at radius 3 is 2.09 bits per heavy atom. The van der Waals surface area contributed by atoms with Crippen LogP contribution in [0.1, 0.15) is 36.0 Å². The Hall–Kier alpha value is -1.84. The Labute approximate surface area is 133 Å². The highest BCUT2D eigenvalue weighted by atomic mass is 16.3. The van der Waals surface area contributed by atoms with E-state index in [9.17, 15) is 5.11 Å². The molecule has 3 nitrogen and oxygen atoms in total. The molecule has 0 aliphatic carbocycles. The summed E-state index contributed by atoms with van der Waals surface area (Å²) in [6.45, 7) is 4.09. The van der Waals surface area contributed by atoms with Gasteiger partial charge in [0.15, 0.2) is 0 Å². The lowest BCUT2D eigenvalue weighted by atomic mass is 9.85. The maximum atomic E-state index is 9.42. The van der Waals surface area contributed by atoms with Crippen LogP contribution in [0.4, 0.5) is 0 Å². The number of aromatic hydroxyl groups is 1. The van der Waals surface area contributed by atoms with Crippen molar-refractivity contribution in [2.45, 2.75) is 44.7 Å². The van der Waals surface area contributed by atoms with Crippen molar-refractivity contribution < 1.29 is 5.11 Å². The molecule has 0 aromatic heterocycles. The van der Waals surface area contributed by atoms with E-state index in [4.69, 9.17) is 11.5 Å². The molecule has 2 rings (SSSR count). The van der Waals surface area contributed by atoms with Gasteiger partial charge in [-0.25, -0.2) is 0 Å². The highest BCUT2D eigenvalue weighted by molar-refractivity contribution is 5.29. The average molecular weight is 298 g/mol. The Bertz CT molecular complexity index is 575. The Morgan fingerprint density at radius 2 is 1.55 bits per heavy atom. The van der Waals surface area contributed by atoms with Crippen LogP contribution in [0.2, 0.25) is 0 Å². The van der Waals surface area contributed by atoms with Gasteiger partial charge in [0.2, 0.25) is 0 Å². The normalized spacial score (nSPS) is 15.3. The van der Waals surface area contributed by atoms with Crippen LogP contribution in [-0.2, 0) is 6.42 Å². The van der Waals surface area contributed by atoms with Crippen molar-refractivity contribution >= 4 is 0 Å². The van der Waals surface area contributed by atoms with Gasteiger partial charge >= 0.3 is 0 Å². The molecule has 118 valence electrons. The second-order valence-electron chi connectivity index (χ2n) is 6.24. The fraction of sp³-hybridized carbons (Fsp3) is 0.368. The summed E-state index contributed by atoms with van der Waals surface area (Å²) in [6, 6.07) is 15.9. The summed E-state index contributed by atoms with van der Waals surface area (Å²) in [5, 5.41) is 9.42. The van der Waals surface area contributed by atoms with Gasteiger partial charge in [0.05, 0.1) is 0 Å². The number of phenols is 1. The van der Waals surface area contributed by atoms with Crippen LogP contribution in [0, 0.1) is 6.92 Å². The largest absolute Gasteiger partial charge is 0.508 e. The van der Waals surface area contributed by atoms with Crippen molar-refractivity contribution in [2.75, 3.05) is 0 Å². The van der Waals surface area contributed by atoms with E-state index in [1.807, 2.05) is 19.1 Å². The quantitative estimate of drug-likeness (QED) is 0.767. The molecule has 0 saturated carbocycles. The van der Waals surface area contributed by atoms with Crippen molar-refractivity contribution in [3.8, 4) is 5.75 Å². The van der Waals surface area contributed by atoms with E-state index >= 15 is 0 Å². The summed E-state index contributed by atoms with van der Waals surface area (Å²) in [5.41, 5.74) is 16.1. The summed E-state index contributed by atoms with van der Waals surface area (Å²) >= 11 is 0. The monoisotopic (exact) mass is 298 g/mol. The summed E-state index contributed by atoms with van der Waals surface area (Å²) in [6.07, 6.45) is 1.68. The smallest absolute Gasteiger partial charge is 0.115 e. The average Bonchev–Trinajstić information content (AvgIpc) is 2.48. The minimum atomic E-state index is 0.0219. The van der Waals surface area contributed by atoms with Gasteiger partial charge in [-0.3, -0.25) is 0 Å². The van der Waals surface area contributed by atoms with Crippen LogP contribution in [0.5, 0.6) is 5.75 Å². The predicted molar refractivity (Wildman–Crippen MR) is 92.0 cm³/mol. The molecule has 0 bridgehead atoms. The maximum Gasteiger partial charge on any atom is 0.115 e. The van der Waals surface area contributed by atoms with Gasteiger partial charge in [0, 0.05) is 18.0 Å². The van der Waals surface area contributed by atoms with Crippen molar-refractivity contribution in [1.29, 1.82) is 0 Å². The first-order valence-corrected chi connectivity index (χ1v) is 7.81. The van der Waals surface area contributed by atoms with Gasteiger partial charge in [-0.15, -0.1) is 0 Å². The van der Waals surface area contributed by atoms with Gasteiger partial charge in [-0.1, -0.05) is 42.0 Å². The summed E-state index contributed by atoms with van der Waals surface area (Å²) in [4.78, 5) is 0. The maximum absolute atomic E-state index is 9.42. The zero-order valence-electron chi connectivity index (χ0n) is 13.4. The van der Waals surface area contributed by atoms with Crippen molar-refractivity contribution in [3.05, 3.63) is 65.2 Å².